The number of rotatable bonds is 5. The fourth-order valence-corrected chi connectivity index (χ4v) is 1.28. The van der Waals surface area contributed by atoms with Crippen LogP contribution in [-0.4, -0.2) is 32.5 Å². The number of hydrogen-bond acceptors (Lipinski definition) is 4. The molecular weight excluding hydrogens is 180 g/mol. The Morgan fingerprint density at radius 1 is 1.57 bits per heavy atom. The second-order valence-electron chi connectivity index (χ2n) is 3.61. The van der Waals surface area contributed by atoms with Gasteiger partial charge in [-0.3, -0.25) is 0 Å². The Balaban J connectivity index is 2.36. The zero-order valence-corrected chi connectivity index (χ0v) is 8.94. The lowest BCUT2D eigenvalue weighted by molar-refractivity contribution is 0.182. The van der Waals surface area contributed by atoms with Gasteiger partial charge in [-0.25, -0.2) is 0 Å². The molecule has 1 rings (SSSR count). The van der Waals surface area contributed by atoms with Crippen LogP contribution in [0.2, 0.25) is 0 Å². The lowest BCUT2D eigenvalue weighted by atomic mass is 10.2. The van der Waals surface area contributed by atoms with E-state index in [-0.39, 0.29) is 12.1 Å². The molecule has 0 amide bonds. The smallest absolute Gasteiger partial charge is 0.149 e. The zero-order valence-electron chi connectivity index (χ0n) is 8.94. The molecule has 0 aliphatic rings. The van der Waals surface area contributed by atoms with Crippen molar-refractivity contribution in [1.82, 2.24) is 20.1 Å². The number of aliphatic hydroxyl groups is 1. The van der Waals surface area contributed by atoms with Crippen LogP contribution in [0.1, 0.15) is 32.1 Å². The van der Waals surface area contributed by atoms with Crippen LogP contribution in [-0.2, 0) is 7.05 Å². The molecule has 0 saturated heterocycles. The highest BCUT2D eigenvalue weighted by atomic mass is 16.3. The summed E-state index contributed by atoms with van der Waals surface area (Å²) in [5.74, 6) is 0.913. The van der Waals surface area contributed by atoms with Gasteiger partial charge in [0.25, 0.3) is 0 Å². The number of aliphatic hydroxyl groups excluding tert-OH is 1. The van der Waals surface area contributed by atoms with Crippen molar-refractivity contribution in [2.24, 2.45) is 7.05 Å². The third kappa shape index (κ3) is 3.08. The summed E-state index contributed by atoms with van der Waals surface area (Å²) in [6.07, 6.45) is 2.18. The van der Waals surface area contributed by atoms with Gasteiger partial charge in [-0.2, -0.15) is 0 Å². The monoisotopic (exact) mass is 198 g/mol. The van der Waals surface area contributed by atoms with Crippen molar-refractivity contribution in [2.75, 3.05) is 6.54 Å². The molecule has 5 heteroatoms. The van der Waals surface area contributed by atoms with E-state index in [2.05, 4.69) is 15.5 Å². The normalized spacial score (nSPS) is 15.4. The quantitative estimate of drug-likeness (QED) is 0.711. The first-order valence-corrected chi connectivity index (χ1v) is 4.86. The highest BCUT2D eigenvalue weighted by Crippen LogP contribution is 2.06. The van der Waals surface area contributed by atoms with Crippen LogP contribution in [0.5, 0.6) is 0 Å². The number of aryl methyl sites for hydroxylation is 1. The van der Waals surface area contributed by atoms with Gasteiger partial charge in [0.2, 0.25) is 0 Å². The Hall–Kier alpha value is -0.940. The minimum Gasteiger partial charge on any atom is -0.393 e. The second kappa shape index (κ2) is 5.07. The number of hydrogen-bond donors (Lipinski definition) is 2. The van der Waals surface area contributed by atoms with E-state index in [1.54, 1.807) is 13.3 Å². The van der Waals surface area contributed by atoms with E-state index in [0.29, 0.717) is 0 Å². The predicted octanol–water partition coefficient (Wildman–Crippen LogP) is 0.237. The fourth-order valence-electron chi connectivity index (χ4n) is 1.28. The third-order valence-electron chi connectivity index (χ3n) is 2.15. The van der Waals surface area contributed by atoms with Crippen molar-refractivity contribution in [2.45, 2.75) is 32.4 Å². The summed E-state index contributed by atoms with van der Waals surface area (Å²) < 4.78 is 1.89. The average molecular weight is 198 g/mol. The summed E-state index contributed by atoms with van der Waals surface area (Å²) in [5, 5.41) is 20.2. The van der Waals surface area contributed by atoms with E-state index in [9.17, 15) is 0 Å². The number of nitrogens with one attached hydrogen (secondary N) is 1. The van der Waals surface area contributed by atoms with Crippen LogP contribution in [0, 0.1) is 0 Å². The first-order valence-electron chi connectivity index (χ1n) is 4.86. The molecular formula is C9H18N4O. The molecule has 0 aromatic carbocycles. The second-order valence-corrected chi connectivity index (χ2v) is 3.61. The SMILES string of the molecule is CC(O)CCNC(C)c1nncn1C. The van der Waals surface area contributed by atoms with E-state index in [4.69, 9.17) is 5.11 Å². The molecule has 2 N–H and O–H groups in total. The summed E-state index contributed by atoms with van der Waals surface area (Å²) in [7, 11) is 1.92. The maximum atomic E-state index is 9.08. The van der Waals surface area contributed by atoms with Crippen molar-refractivity contribution in [1.29, 1.82) is 0 Å². The Bertz CT molecular complexity index is 272. The van der Waals surface area contributed by atoms with Gasteiger partial charge < -0.3 is 15.0 Å². The molecule has 1 aromatic rings. The van der Waals surface area contributed by atoms with Crippen molar-refractivity contribution in [3.05, 3.63) is 12.2 Å². The maximum Gasteiger partial charge on any atom is 0.149 e. The van der Waals surface area contributed by atoms with Crippen LogP contribution in [0.15, 0.2) is 6.33 Å². The van der Waals surface area contributed by atoms with Crippen molar-refractivity contribution in [3.63, 3.8) is 0 Å². The van der Waals surface area contributed by atoms with Gasteiger partial charge >= 0.3 is 0 Å². The van der Waals surface area contributed by atoms with Gasteiger partial charge in [0, 0.05) is 7.05 Å². The third-order valence-corrected chi connectivity index (χ3v) is 2.15. The lowest BCUT2D eigenvalue weighted by Crippen LogP contribution is -2.24. The largest absolute Gasteiger partial charge is 0.393 e. The molecule has 2 unspecified atom stereocenters. The number of aromatic nitrogens is 3. The number of nitrogens with zero attached hydrogens (tertiary/aromatic N) is 3. The van der Waals surface area contributed by atoms with Crippen LogP contribution in [0.4, 0.5) is 0 Å². The van der Waals surface area contributed by atoms with Crippen molar-refractivity contribution < 1.29 is 5.11 Å². The highest BCUT2D eigenvalue weighted by Gasteiger charge is 2.10. The van der Waals surface area contributed by atoms with Crippen molar-refractivity contribution in [3.8, 4) is 0 Å². The average Bonchev–Trinajstić information content (AvgIpc) is 2.50. The Labute approximate surface area is 84.2 Å². The van der Waals surface area contributed by atoms with Crippen LogP contribution in [0.25, 0.3) is 0 Å². The van der Waals surface area contributed by atoms with E-state index < -0.39 is 0 Å². The van der Waals surface area contributed by atoms with E-state index >= 15 is 0 Å². The van der Waals surface area contributed by atoms with Gasteiger partial charge in [0.05, 0.1) is 12.1 Å². The molecule has 0 radical (unpaired) electrons. The Kier molecular flexibility index (Phi) is 4.03. The zero-order chi connectivity index (χ0) is 10.6. The van der Waals surface area contributed by atoms with Gasteiger partial charge in [0.15, 0.2) is 0 Å². The fraction of sp³-hybridized carbons (Fsp3) is 0.778. The van der Waals surface area contributed by atoms with Crippen LogP contribution in [0.3, 0.4) is 0 Å². The van der Waals surface area contributed by atoms with Gasteiger partial charge in [-0.1, -0.05) is 0 Å². The van der Waals surface area contributed by atoms with Gasteiger partial charge in [-0.05, 0) is 26.8 Å². The Morgan fingerprint density at radius 3 is 2.79 bits per heavy atom. The molecule has 0 saturated carbocycles. The molecule has 2 atom stereocenters. The van der Waals surface area contributed by atoms with Crippen LogP contribution < -0.4 is 5.32 Å². The van der Waals surface area contributed by atoms with Gasteiger partial charge in [0.1, 0.15) is 12.2 Å². The molecule has 5 nitrogen and oxygen atoms in total. The molecule has 0 bridgehead atoms. The standard InChI is InChI=1S/C9H18N4O/c1-7(14)4-5-10-8(2)9-12-11-6-13(9)3/h6-8,10,14H,4-5H2,1-3H3. The van der Waals surface area contributed by atoms with E-state index in [0.717, 1.165) is 18.8 Å². The molecule has 0 spiro atoms. The summed E-state index contributed by atoms with van der Waals surface area (Å²) in [4.78, 5) is 0. The molecule has 0 aliphatic heterocycles. The lowest BCUT2D eigenvalue weighted by Gasteiger charge is -2.13. The minimum absolute atomic E-state index is 0.168. The first kappa shape index (κ1) is 11.1. The molecule has 0 fully saturated rings. The summed E-state index contributed by atoms with van der Waals surface area (Å²) in [6.45, 7) is 4.60. The van der Waals surface area contributed by atoms with E-state index in [1.807, 2.05) is 18.5 Å². The minimum atomic E-state index is -0.255. The predicted molar refractivity (Wildman–Crippen MR) is 53.7 cm³/mol. The van der Waals surface area contributed by atoms with Crippen molar-refractivity contribution >= 4 is 0 Å². The topological polar surface area (TPSA) is 63.0 Å². The Morgan fingerprint density at radius 2 is 2.29 bits per heavy atom. The molecule has 1 aromatic heterocycles. The van der Waals surface area contributed by atoms with Crippen LogP contribution >= 0.6 is 0 Å². The highest BCUT2D eigenvalue weighted by molar-refractivity contribution is 4.91. The van der Waals surface area contributed by atoms with Gasteiger partial charge in [-0.15, -0.1) is 10.2 Å². The molecule has 0 aliphatic carbocycles. The van der Waals surface area contributed by atoms with E-state index in [1.165, 1.54) is 0 Å². The maximum absolute atomic E-state index is 9.08. The molecule has 14 heavy (non-hydrogen) atoms. The molecule has 1 heterocycles. The summed E-state index contributed by atoms with van der Waals surface area (Å²) in [5.41, 5.74) is 0. The summed E-state index contributed by atoms with van der Waals surface area (Å²) in [6, 6.07) is 0.168. The first-order chi connectivity index (χ1) is 6.61. The summed E-state index contributed by atoms with van der Waals surface area (Å²) >= 11 is 0. The molecule has 80 valence electrons.